The molecule has 3 unspecified atom stereocenters. The minimum absolute atomic E-state index is 0.247. The third kappa shape index (κ3) is 6.01. The number of hydrogen-bond donors (Lipinski definition) is 1. The number of aliphatic imine (C=N–C) groups is 1. The zero-order chi connectivity index (χ0) is 22.3. The van der Waals surface area contributed by atoms with Crippen LogP contribution in [0.2, 0.25) is 0 Å². The Morgan fingerprint density at radius 2 is 1.88 bits per heavy atom. The number of rotatable bonds is 7. The highest BCUT2D eigenvalue weighted by atomic mass is 16.5. The fraction of sp³-hybridized carbons (Fsp3) is 0.720. The van der Waals surface area contributed by atoms with Gasteiger partial charge in [0.1, 0.15) is 0 Å². The lowest BCUT2D eigenvalue weighted by Gasteiger charge is -2.37. The first kappa shape index (κ1) is 23.5. The molecular weight excluding hydrogens is 402 g/mol. The van der Waals surface area contributed by atoms with Crippen molar-refractivity contribution in [1.29, 1.82) is 0 Å². The summed E-state index contributed by atoms with van der Waals surface area (Å²) in [5, 5.41) is 3.71. The quantitative estimate of drug-likeness (QED) is 0.513. The number of hydrogen-bond acceptors (Lipinski definition) is 5. The Bertz CT molecular complexity index is 722. The average molecular weight is 444 g/mol. The van der Waals surface area contributed by atoms with Crippen LogP contribution in [0, 0.1) is 5.92 Å². The Morgan fingerprint density at radius 1 is 1.09 bits per heavy atom. The second kappa shape index (κ2) is 11.5. The highest BCUT2D eigenvalue weighted by molar-refractivity contribution is 5.80. The molecule has 3 saturated heterocycles. The molecule has 7 nitrogen and oxygen atoms in total. The summed E-state index contributed by atoms with van der Waals surface area (Å²) >= 11 is 0. The van der Waals surface area contributed by atoms with E-state index in [1.54, 1.807) is 0 Å². The molecule has 0 aromatic heterocycles. The number of ether oxygens (including phenoxy) is 2. The molecule has 3 aliphatic heterocycles. The summed E-state index contributed by atoms with van der Waals surface area (Å²) in [6.07, 6.45) is 1.43. The lowest BCUT2D eigenvalue weighted by Crippen LogP contribution is -2.52. The van der Waals surface area contributed by atoms with Crippen LogP contribution in [0.4, 0.5) is 0 Å². The monoisotopic (exact) mass is 443 g/mol. The molecule has 1 aromatic carbocycles. The maximum absolute atomic E-state index is 6.18. The standard InChI is InChI=1S/C25H41N5O2/c1-20(2)15-22(28-9-12-31-13-10-28)16-27-25(26-3)30-18-23-24(19-30)32-14-11-29(23)17-21-7-5-4-6-8-21/h4-8,20,22-24H,9-19H2,1-3H3,(H,26,27). The highest BCUT2D eigenvalue weighted by Gasteiger charge is 2.41. The van der Waals surface area contributed by atoms with E-state index in [2.05, 4.69) is 69.2 Å². The fourth-order valence-electron chi connectivity index (χ4n) is 5.34. The second-order valence-corrected chi connectivity index (χ2v) is 9.70. The summed E-state index contributed by atoms with van der Waals surface area (Å²) in [7, 11) is 1.90. The van der Waals surface area contributed by atoms with Crippen LogP contribution in [0.25, 0.3) is 0 Å². The van der Waals surface area contributed by atoms with Crippen molar-refractivity contribution in [2.75, 3.05) is 66.1 Å². The summed E-state index contributed by atoms with van der Waals surface area (Å²) in [5.74, 6) is 1.67. The van der Waals surface area contributed by atoms with Gasteiger partial charge < -0.3 is 19.7 Å². The molecule has 4 rings (SSSR count). The zero-order valence-corrected chi connectivity index (χ0v) is 20.1. The number of guanidine groups is 1. The van der Waals surface area contributed by atoms with Crippen LogP contribution < -0.4 is 5.32 Å². The minimum Gasteiger partial charge on any atom is -0.379 e. The molecule has 0 radical (unpaired) electrons. The lowest BCUT2D eigenvalue weighted by molar-refractivity contribution is -0.0502. The van der Waals surface area contributed by atoms with Gasteiger partial charge in [-0.1, -0.05) is 44.2 Å². The van der Waals surface area contributed by atoms with Gasteiger partial charge in [0, 0.05) is 58.9 Å². The molecule has 32 heavy (non-hydrogen) atoms. The molecule has 7 heteroatoms. The number of nitrogens with one attached hydrogen (secondary N) is 1. The van der Waals surface area contributed by atoms with Crippen molar-refractivity contribution < 1.29 is 9.47 Å². The zero-order valence-electron chi connectivity index (χ0n) is 20.1. The first-order valence-electron chi connectivity index (χ1n) is 12.3. The van der Waals surface area contributed by atoms with Gasteiger partial charge in [0.15, 0.2) is 5.96 Å². The van der Waals surface area contributed by atoms with E-state index >= 15 is 0 Å². The first-order valence-corrected chi connectivity index (χ1v) is 12.3. The Morgan fingerprint density at radius 3 is 2.59 bits per heavy atom. The van der Waals surface area contributed by atoms with Gasteiger partial charge in [0.05, 0.1) is 32.0 Å². The highest BCUT2D eigenvalue weighted by Crippen LogP contribution is 2.25. The SMILES string of the molecule is CN=C(NCC(CC(C)C)N1CCOCC1)N1CC2OCCN(Cc3ccccc3)C2C1. The van der Waals surface area contributed by atoms with E-state index in [-0.39, 0.29) is 6.10 Å². The van der Waals surface area contributed by atoms with Gasteiger partial charge in [-0.3, -0.25) is 14.8 Å². The van der Waals surface area contributed by atoms with E-state index < -0.39 is 0 Å². The molecule has 0 aliphatic carbocycles. The van der Waals surface area contributed by atoms with Gasteiger partial charge in [-0.15, -0.1) is 0 Å². The molecule has 1 N–H and O–H groups in total. The van der Waals surface area contributed by atoms with Crippen molar-refractivity contribution in [2.24, 2.45) is 10.9 Å². The molecular formula is C25H41N5O2. The van der Waals surface area contributed by atoms with Crippen molar-refractivity contribution in [1.82, 2.24) is 20.0 Å². The van der Waals surface area contributed by atoms with Crippen LogP contribution in [0.5, 0.6) is 0 Å². The van der Waals surface area contributed by atoms with E-state index in [1.165, 1.54) is 12.0 Å². The Labute approximate surface area is 193 Å². The number of benzene rings is 1. The van der Waals surface area contributed by atoms with E-state index in [0.29, 0.717) is 18.0 Å². The number of fused-ring (bicyclic) bond motifs is 1. The van der Waals surface area contributed by atoms with Gasteiger partial charge in [-0.05, 0) is 17.9 Å². The summed E-state index contributed by atoms with van der Waals surface area (Å²) < 4.78 is 11.8. The van der Waals surface area contributed by atoms with Crippen LogP contribution in [-0.4, -0.2) is 105 Å². The molecule has 0 saturated carbocycles. The molecule has 0 bridgehead atoms. The minimum atomic E-state index is 0.247. The molecule has 3 atom stereocenters. The van der Waals surface area contributed by atoms with Crippen LogP contribution in [0.1, 0.15) is 25.8 Å². The van der Waals surface area contributed by atoms with Gasteiger partial charge in [0.25, 0.3) is 0 Å². The smallest absolute Gasteiger partial charge is 0.193 e. The van der Waals surface area contributed by atoms with Gasteiger partial charge in [-0.25, -0.2) is 0 Å². The predicted molar refractivity (Wildman–Crippen MR) is 129 cm³/mol. The summed E-state index contributed by atoms with van der Waals surface area (Å²) in [6, 6.07) is 11.7. The predicted octanol–water partition coefficient (Wildman–Crippen LogP) is 1.89. The maximum atomic E-state index is 6.18. The second-order valence-electron chi connectivity index (χ2n) is 9.70. The Kier molecular flexibility index (Phi) is 8.41. The third-order valence-electron chi connectivity index (χ3n) is 6.96. The van der Waals surface area contributed by atoms with Gasteiger partial charge in [-0.2, -0.15) is 0 Å². The van der Waals surface area contributed by atoms with E-state index in [4.69, 9.17) is 9.47 Å². The van der Waals surface area contributed by atoms with Crippen molar-refractivity contribution in [3.63, 3.8) is 0 Å². The van der Waals surface area contributed by atoms with Crippen molar-refractivity contribution >= 4 is 5.96 Å². The van der Waals surface area contributed by atoms with Crippen molar-refractivity contribution in [2.45, 2.75) is 45.0 Å². The van der Waals surface area contributed by atoms with Gasteiger partial charge in [0.2, 0.25) is 0 Å². The van der Waals surface area contributed by atoms with Crippen LogP contribution in [-0.2, 0) is 16.0 Å². The first-order chi connectivity index (χ1) is 15.6. The number of nitrogens with zero attached hydrogens (tertiary/aromatic N) is 4. The molecule has 0 spiro atoms. The fourth-order valence-corrected chi connectivity index (χ4v) is 5.34. The number of likely N-dealkylation sites (tertiary alicyclic amines) is 1. The number of morpholine rings is 2. The van der Waals surface area contributed by atoms with Gasteiger partial charge >= 0.3 is 0 Å². The van der Waals surface area contributed by atoms with E-state index in [9.17, 15) is 0 Å². The Hall–Kier alpha value is -1.67. The molecule has 3 heterocycles. The van der Waals surface area contributed by atoms with Crippen LogP contribution in [0.3, 0.4) is 0 Å². The molecule has 3 fully saturated rings. The van der Waals surface area contributed by atoms with Crippen molar-refractivity contribution in [3.8, 4) is 0 Å². The molecule has 178 valence electrons. The molecule has 1 aromatic rings. The maximum Gasteiger partial charge on any atom is 0.193 e. The third-order valence-corrected chi connectivity index (χ3v) is 6.96. The normalized spacial score (nSPS) is 26.4. The average Bonchev–Trinajstić information content (AvgIpc) is 3.25. The lowest BCUT2D eigenvalue weighted by atomic mass is 10.0. The molecule has 0 amide bonds. The van der Waals surface area contributed by atoms with Crippen molar-refractivity contribution in [3.05, 3.63) is 35.9 Å². The topological polar surface area (TPSA) is 52.6 Å². The summed E-state index contributed by atoms with van der Waals surface area (Å²) in [4.78, 5) is 12.2. The molecule has 3 aliphatic rings. The largest absolute Gasteiger partial charge is 0.379 e. The Balaban J connectivity index is 1.35. The van der Waals surface area contributed by atoms with Crippen LogP contribution in [0.15, 0.2) is 35.3 Å². The van der Waals surface area contributed by atoms with Crippen LogP contribution >= 0.6 is 0 Å². The summed E-state index contributed by atoms with van der Waals surface area (Å²) in [5.41, 5.74) is 1.37. The van der Waals surface area contributed by atoms with E-state index in [1.807, 2.05) is 7.05 Å². The van der Waals surface area contributed by atoms with E-state index in [0.717, 1.165) is 71.6 Å². The summed E-state index contributed by atoms with van der Waals surface area (Å²) in [6.45, 7) is 13.9.